The van der Waals surface area contributed by atoms with Gasteiger partial charge in [0.05, 0.1) is 26.2 Å². The van der Waals surface area contributed by atoms with Crippen molar-refractivity contribution in [2.24, 2.45) is 0 Å². The molecule has 0 bridgehead atoms. The lowest BCUT2D eigenvalue weighted by atomic mass is 10.3. The molecule has 0 amide bonds. The zero-order valence-corrected chi connectivity index (χ0v) is 10.9. The van der Waals surface area contributed by atoms with Crippen molar-refractivity contribution in [1.29, 1.82) is 0 Å². The van der Waals surface area contributed by atoms with Gasteiger partial charge in [-0.2, -0.15) is 0 Å². The van der Waals surface area contributed by atoms with E-state index in [1.165, 1.54) is 0 Å². The summed E-state index contributed by atoms with van der Waals surface area (Å²) in [6.07, 6.45) is 3.99. The van der Waals surface area contributed by atoms with Gasteiger partial charge in [-0.15, -0.1) is 0 Å². The quantitative estimate of drug-likeness (QED) is 0.378. The molecule has 0 aromatic heterocycles. The Bertz CT molecular complexity index is 225. The predicted molar refractivity (Wildman–Crippen MR) is 65.7 cm³/mol. The SMILES string of the molecule is C=CC[N+](CC)(CC)CC=C.O=P(O)(O)O. The molecule has 0 fully saturated rings. The van der Waals surface area contributed by atoms with Crippen LogP contribution in [-0.4, -0.2) is 45.3 Å². The maximum atomic E-state index is 8.88. The van der Waals surface area contributed by atoms with Crippen LogP contribution >= 0.6 is 7.82 Å². The fourth-order valence-electron chi connectivity index (χ4n) is 1.36. The van der Waals surface area contributed by atoms with Gasteiger partial charge in [0, 0.05) is 0 Å². The molecule has 0 aromatic rings. The lowest BCUT2D eigenvalue weighted by Gasteiger charge is -2.34. The molecule has 0 atom stereocenters. The maximum absolute atomic E-state index is 8.88. The molecule has 0 heterocycles. The number of nitrogens with zero attached hydrogens (tertiary/aromatic N) is 1. The highest BCUT2D eigenvalue weighted by molar-refractivity contribution is 7.45. The number of likely N-dealkylation sites (N-methyl/N-ethyl adjacent to an activating group) is 1. The van der Waals surface area contributed by atoms with Crippen molar-refractivity contribution in [2.75, 3.05) is 26.2 Å². The van der Waals surface area contributed by atoms with Crippen LogP contribution in [0.3, 0.4) is 0 Å². The molecule has 96 valence electrons. The van der Waals surface area contributed by atoms with Crippen molar-refractivity contribution < 1.29 is 23.7 Å². The molecule has 6 heteroatoms. The zero-order chi connectivity index (χ0) is 13.2. The van der Waals surface area contributed by atoms with Crippen molar-refractivity contribution in [2.45, 2.75) is 13.8 Å². The molecule has 0 aliphatic carbocycles. The van der Waals surface area contributed by atoms with Crippen molar-refractivity contribution in [1.82, 2.24) is 0 Å². The van der Waals surface area contributed by atoms with E-state index in [0.29, 0.717) is 0 Å². The second-order valence-electron chi connectivity index (χ2n) is 3.43. The van der Waals surface area contributed by atoms with Crippen LogP contribution in [0.5, 0.6) is 0 Å². The fourth-order valence-corrected chi connectivity index (χ4v) is 1.36. The molecular weight excluding hydrogens is 229 g/mol. The summed E-state index contributed by atoms with van der Waals surface area (Å²) in [5.74, 6) is 0. The molecule has 3 N–H and O–H groups in total. The van der Waals surface area contributed by atoms with Crippen LogP contribution in [0.15, 0.2) is 25.3 Å². The Labute approximate surface area is 97.6 Å². The largest absolute Gasteiger partial charge is 0.466 e. The molecule has 0 aliphatic rings. The van der Waals surface area contributed by atoms with Gasteiger partial charge >= 0.3 is 7.82 Å². The van der Waals surface area contributed by atoms with E-state index in [-0.39, 0.29) is 0 Å². The van der Waals surface area contributed by atoms with E-state index in [4.69, 9.17) is 19.2 Å². The molecule has 0 saturated heterocycles. The number of phosphoric acid groups is 1. The van der Waals surface area contributed by atoms with Gasteiger partial charge in [-0.05, 0) is 26.0 Å². The summed E-state index contributed by atoms with van der Waals surface area (Å²) in [5, 5.41) is 0. The summed E-state index contributed by atoms with van der Waals surface area (Å²) in [5.41, 5.74) is 0. The third kappa shape index (κ3) is 11.6. The number of rotatable bonds is 6. The van der Waals surface area contributed by atoms with E-state index in [0.717, 1.165) is 30.7 Å². The smallest absolute Gasteiger partial charge is 0.318 e. The second kappa shape index (κ2) is 8.67. The van der Waals surface area contributed by atoms with Gasteiger partial charge in [0.25, 0.3) is 0 Å². The molecule has 5 nitrogen and oxygen atoms in total. The van der Waals surface area contributed by atoms with Gasteiger partial charge in [0.15, 0.2) is 0 Å². The molecule has 0 rings (SSSR count). The summed E-state index contributed by atoms with van der Waals surface area (Å²) in [4.78, 5) is 21.6. The lowest BCUT2D eigenvalue weighted by molar-refractivity contribution is -0.914. The van der Waals surface area contributed by atoms with Gasteiger partial charge < -0.3 is 19.2 Å². The van der Waals surface area contributed by atoms with E-state index >= 15 is 0 Å². The minimum absolute atomic E-state index is 1.05. The fraction of sp³-hybridized carbons (Fsp3) is 0.600. The minimum Gasteiger partial charge on any atom is -0.318 e. The van der Waals surface area contributed by atoms with Crippen LogP contribution in [0.2, 0.25) is 0 Å². The van der Waals surface area contributed by atoms with E-state index < -0.39 is 7.82 Å². The number of quaternary nitrogens is 1. The Morgan fingerprint density at radius 2 is 1.31 bits per heavy atom. The first-order valence-corrected chi connectivity index (χ1v) is 6.66. The second-order valence-corrected chi connectivity index (χ2v) is 4.46. The molecule has 0 unspecified atom stereocenters. The highest BCUT2D eigenvalue weighted by atomic mass is 31.2. The van der Waals surface area contributed by atoms with Crippen LogP contribution in [0, 0.1) is 0 Å². The Morgan fingerprint density at radius 3 is 1.44 bits per heavy atom. The topological polar surface area (TPSA) is 77.8 Å². The average Bonchev–Trinajstić information content (AvgIpc) is 2.15. The highest BCUT2D eigenvalue weighted by Gasteiger charge is 2.18. The van der Waals surface area contributed by atoms with Crippen molar-refractivity contribution in [3.8, 4) is 0 Å². The number of hydrogen-bond acceptors (Lipinski definition) is 1. The Balaban J connectivity index is 0. The van der Waals surface area contributed by atoms with Gasteiger partial charge in [-0.25, -0.2) is 4.57 Å². The van der Waals surface area contributed by atoms with Gasteiger partial charge in [0.2, 0.25) is 0 Å². The third-order valence-electron chi connectivity index (χ3n) is 2.37. The van der Waals surface area contributed by atoms with E-state index in [1.54, 1.807) is 0 Å². The van der Waals surface area contributed by atoms with Crippen molar-refractivity contribution >= 4 is 7.82 Å². The summed E-state index contributed by atoms with van der Waals surface area (Å²) < 4.78 is 9.97. The monoisotopic (exact) mass is 252 g/mol. The first kappa shape index (κ1) is 17.9. The average molecular weight is 252 g/mol. The molecular formula is C10H23NO4P+. The summed E-state index contributed by atoms with van der Waals surface area (Å²) in [7, 11) is -4.64. The highest BCUT2D eigenvalue weighted by Crippen LogP contribution is 2.25. The van der Waals surface area contributed by atoms with E-state index in [1.807, 2.05) is 12.2 Å². The van der Waals surface area contributed by atoms with Gasteiger partial charge in [0.1, 0.15) is 0 Å². The molecule has 0 spiro atoms. The Kier molecular flexibility index (Phi) is 9.72. The summed E-state index contributed by atoms with van der Waals surface area (Å²) in [6, 6.07) is 0. The molecule has 16 heavy (non-hydrogen) atoms. The summed E-state index contributed by atoms with van der Waals surface area (Å²) >= 11 is 0. The molecule has 0 aromatic carbocycles. The maximum Gasteiger partial charge on any atom is 0.466 e. The van der Waals surface area contributed by atoms with Crippen LogP contribution in [-0.2, 0) is 4.57 Å². The first-order valence-electron chi connectivity index (χ1n) is 5.09. The molecule has 0 radical (unpaired) electrons. The first-order chi connectivity index (χ1) is 7.24. The lowest BCUT2D eigenvalue weighted by Crippen LogP contribution is -2.47. The minimum atomic E-state index is -4.64. The Hall–Kier alpha value is -0.450. The van der Waals surface area contributed by atoms with Crippen LogP contribution in [0.1, 0.15) is 13.8 Å². The van der Waals surface area contributed by atoms with E-state index in [9.17, 15) is 0 Å². The zero-order valence-electron chi connectivity index (χ0n) is 10.0. The van der Waals surface area contributed by atoms with Crippen LogP contribution in [0.4, 0.5) is 0 Å². The molecule has 0 saturated carbocycles. The van der Waals surface area contributed by atoms with Crippen molar-refractivity contribution in [3.63, 3.8) is 0 Å². The van der Waals surface area contributed by atoms with Crippen molar-refractivity contribution in [3.05, 3.63) is 25.3 Å². The third-order valence-corrected chi connectivity index (χ3v) is 2.37. The van der Waals surface area contributed by atoms with E-state index in [2.05, 4.69) is 27.0 Å². The van der Waals surface area contributed by atoms with Crippen LogP contribution < -0.4 is 0 Å². The van der Waals surface area contributed by atoms with Gasteiger partial charge in [-0.1, -0.05) is 13.2 Å². The molecule has 0 aliphatic heterocycles. The Morgan fingerprint density at radius 1 is 1.06 bits per heavy atom. The van der Waals surface area contributed by atoms with Gasteiger partial charge in [-0.3, -0.25) is 0 Å². The van der Waals surface area contributed by atoms with Crippen LogP contribution in [0.25, 0.3) is 0 Å². The normalized spacial score (nSPS) is 11.3. The predicted octanol–water partition coefficient (Wildman–Crippen LogP) is 1.29. The number of hydrogen-bond donors (Lipinski definition) is 3. The summed E-state index contributed by atoms with van der Waals surface area (Å²) in [6.45, 7) is 16.4. The standard InChI is InChI=1S/C10H20N.H3O4P/c1-5-9-11(7-3,8-4)10-6-2;1-5(2,3)4/h5-6H,1-2,7-10H2,3-4H3;(H3,1,2,3,4)/q+1;.